The lowest BCUT2D eigenvalue weighted by Crippen LogP contribution is -1.98. The largest absolute Gasteiger partial charge is 0.294 e. The molecule has 1 aliphatic carbocycles. The van der Waals surface area contributed by atoms with Crippen LogP contribution in [0.25, 0.3) is 11.1 Å². The van der Waals surface area contributed by atoms with Crippen molar-refractivity contribution in [3.05, 3.63) is 58.1 Å². The van der Waals surface area contributed by atoms with Crippen molar-refractivity contribution in [2.24, 2.45) is 0 Å². The number of benzene rings is 2. The van der Waals surface area contributed by atoms with Crippen LogP contribution in [0.15, 0.2) is 30.3 Å². The van der Waals surface area contributed by atoms with Crippen LogP contribution in [0.1, 0.15) is 58.3 Å². The molecular formula is C23H28O2S. The summed E-state index contributed by atoms with van der Waals surface area (Å²) >= 11 is 0. The van der Waals surface area contributed by atoms with Gasteiger partial charge in [-0.3, -0.25) is 9.00 Å². The number of ketones is 1. The number of Topliss-reactive ketones (excluding diaryl/α,β-unsaturated/α-hetero) is 1. The predicted octanol–water partition coefficient (Wildman–Crippen LogP) is 5.19. The Morgan fingerprint density at radius 1 is 0.962 bits per heavy atom. The highest BCUT2D eigenvalue weighted by Crippen LogP contribution is 2.36. The summed E-state index contributed by atoms with van der Waals surface area (Å²) in [4.78, 5) is 12.1. The topological polar surface area (TPSA) is 34.1 Å². The van der Waals surface area contributed by atoms with Crippen molar-refractivity contribution in [2.45, 2.75) is 52.4 Å². The number of aryl methyl sites for hydroxylation is 3. The maximum Gasteiger partial charge on any atom is 0.163 e. The van der Waals surface area contributed by atoms with Crippen LogP contribution in [0.3, 0.4) is 0 Å². The van der Waals surface area contributed by atoms with Gasteiger partial charge in [-0.1, -0.05) is 36.8 Å². The Kier molecular flexibility index (Phi) is 6.08. The minimum Gasteiger partial charge on any atom is -0.294 e. The molecule has 2 aromatic carbocycles. The monoisotopic (exact) mass is 368 g/mol. The van der Waals surface area contributed by atoms with E-state index in [1.807, 2.05) is 12.1 Å². The van der Waals surface area contributed by atoms with Gasteiger partial charge in [-0.15, -0.1) is 0 Å². The van der Waals surface area contributed by atoms with E-state index in [2.05, 4.69) is 32.0 Å². The molecular weight excluding hydrogens is 340 g/mol. The lowest BCUT2D eigenvalue weighted by atomic mass is 9.88. The first-order chi connectivity index (χ1) is 12.5. The Bertz CT molecular complexity index is 828. The molecule has 0 saturated carbocycles. The Morgan fingerprint density at radius 3 is 2.35 bits per heavy atom. The second-order valence-corrected chi connectivity index (χ2v) is 9.00. The van der Waals surface area contributed by atoms with E-state index in [4.69, 9.17) is 0 Å². The van der Waals surface area contributed by atoms with Gasteiger partial charge >= 0.3 is 0 Å². The maximum absolute atomic E-state index is 12.1. The fourth-order valence-corrected chi connectivity index (χ4v) is 4.77. The first-order valence-corrected chi connectivity index (χ1v) is 11.3. The van der Waals surface area contributed by atoms with Crippen LogP contribution < -0.4 is 0 Å². The highest BCUT2D eigenvalue weighted by Gasteiger charge is 2.23. The number of carbonyl (C=O) groups is 1. The van der Waals surface area contributed by atoms with Gasteiger partial charge in [0, 0.05) is 34.8 Å². The number of carbonyl (C=O) groups excluding carboxylic acids is 1. The smallest absolute Gasteiger partial charge is 0.163 e. The summed E-state index contributed by atoms with van der Waals surface area (Å²) in [6.45, 7) is 4.37. The molecule has 26 heavy (non-hydrogen) atoms. The third-order valence-electron chi connectivity index (χ3n) is 5.34. The van der Waals surface area contributed by atoms with E-state index in [1.165, 1.54) is 33.4 Å². The zero-order chi connectivity index (χ0) is 18.7. The molecule has 1 atom stereocenters. The molecule has 0 bridgehead atoms. The molecule has 138 valence electrons. The molecule has 2 nitrogen and oxygen atoms in total. The summed E-state index contributed by atoms with van der Waals surface area (Å²) in [7, 11) is -0.672. The summed E-state index contributed by atoms with van der Waals surface area (Å²) in [5.74, 6) is 1.09. The van der Waals surface area contributed by atoms with Gasteiger partial charge in [-0.25, -0.2) is 0 Å². The third-order valence-corrected chi connectivity index (χ3v) is 6.20. The predicted molar refractivity (Wildman–Crippen MR) is 110 cm³/mol. The van der Waals surface area contributed by atoms with E-state index in [0.717, 1.165) is 43.4 Å². The van der Waals surface area contributed by atoms with Crippen molar-refractivity contribution in [1.82, 2.24) is 0 Å². The van der Waals surface area contributed by atoms with Gasteiger partial charge in [0.15, 0.2) is 5.78 Å². The van der Waals surface area contributed by atoms with E-state index < -0.39 is 10.8 Å². The average molecular weight is 369 g/mol. The minimum absolute atomic E-state index is 0.279. The summed E-state index contributed by atoms with van der Waals surface area (Å²) in [5.41, 5.74) is 8.64. The van der Waals surface area contributed by atoms with Crippen LogP contribution in [0.5, 0.6) is 0 Å². The van der Waals surface area contributed by atoms with Crippen LogP contribution >= 0.6 is 0 Å². The van der Waals surface area contributed by atoms with Crippen molar-refractivity contribution in [3.8, 4) is 11.1 Å². The Labute approximate surface area is 159 Å². The maximum atomic E-state index is 12.1. The normalized spacial score (nSPS) is 14.5. The second kappa shape index (κ2) is 8.30. The molecule has 0 fully saturated rings. The van der Waals surface area contributed by atoms with Crippen molar-refractivity contribution >= 4 is 16.6 Å². The number of rotatable bonds is 7. The molecule has 0 heterocycles. The highest BCUT2D eigenvalue weighted by molar-refractivity contribution is 7.84. The van der Waals surface area contributed by atoms with Crippen LogP contribution in [0.4, 0.5) is 0 Å². The fraction of sp³-hybridized carbons (Fsp3) is 0.435. The number of unbranched alkanes of at least 4 members (excludes halogenated alkanes) is 2. The van der Waals surface area contributed by atoms with E-state index >= 15 is 0 Å². The van der Waals surface area contributed by atoms with E-state index in [1.54, 1.807) is 6.26 Å². The van der Waals surface area contributed by atoms with Crippen molar-refractivity contribution < 1.29 is 9.00 Å². The Hall–Kier alpha value is -1.74. The SMILES string of the molecule is Cc1cc(CCCCCS(C)=O)cc(C)c1-c1cccc2c1CCC2=O. The van der Waals surface area contributed by atoms with Crippen LogP contribution in [-0.2, 0) is 23.6 Å². The fourth-order valence-electron chi connectivity index (χ4n) is 4.16. The van der Waals surface area contributed by atoms with Gasteiger partial charge in [0.05, 0.1) is 0 Å². The lowest BCUT2D eigenvalue weighted by molar-refractivity contribution is 0.0994. The second-order valence-electron chi connectivity index (χ2n) is 7.45. The van der Waals surface area contributed by atoms with Crippen molar-refractivity contribution in [1.29, 1.82) is 0 Å². The molecule has 0 aliphatic heterocycles. The molecule has 1 unspecified atom stereocenters. The molecule has 0 saturated heterocycles. The molecule has 3 heteroatoms. The molecule has 0 aromatic heterocycles. The first-order valence-electron chi connectivity index (χ1n) is 9.53. The van der Waals surface area contributed by atoms with E-state index in [9.17, 15) is 9.00 Å². The summed E-state index contributed by atoms with van der Waals surface area (Å²) in [6, 6.07) is 10.8. The van der Waals surface area contributed by atoms with Gasteiger partial charge in [0.2, 0.25) is 0 Å². The number of hydrogen-bond acceptors (Lipinski definition) is 2. The lowest BCUT2D eigenvalue weighted by Gasteiger charge is -2.16. The summed E-state index contributed by atoms with van der Waals surface area (Å²) in [5, 5.41) is 0. The van der Waals surface area contributed by atoms with Crippen LogP contribution in [0, 0.1) is 13.8 Å². The Morgan fingerprint density at radius 2 is 1.65 bits per heavy atom. The highest BCUT2D eigenvalue weighted by atomic mass is 32.2. The molecule has 0 N–H and O–H groups in total. The Balaban J connectivity index is 1.79. The zero-order valence-corrected chi connectivity index (χ0v) is 16.9. The molecule has 0 amide bonds. The summed E-state index contributed by atoms with van der Waals surface area (Å²) in [6.07, 6.45) is 7.68. The first kappa shape index (κ1) is 19.0. The molecule has 2 aromatic rings. The van der Waals surface area contributed by atoms with E-state index in [0.29, 0.717) is 6.42 Å². The molecule has 3 rings (SSSR count). The minimum atomic E-state index is -0.672. The van der Waals surface area contributed by atoms with Gasteiger partial charge in [0.1, 0.15) is 0 Å². The van der Waals surface area contributed by atoms with Crippen LogP contribution in [-0.4, -0.2) is 22.0 Å². The van der Waals surface area contributed by atoms with E-state index in [-0.39, 0.29) is 5.78 Å². The van der Waals surface area contributed by atoms with Crippen molar-refractivity contribution in [2.75, 3.05) is 12.0 Å². The van der Waals surface area contributed by atoms with Gasteiger partial charge in [0.25, 0.3) is 0 Å². The van der Waals surface area contributed by atoms with Gasteiger partial charge < -0.3 is 0 Å². The van der Waals surface area contributed by atoms with Gasteiger partial charge in [-0.2, -0.15) is 0 Å². The van der Waals surface area contributed by atoms with Gasteiger partial charge in [-0.05, 0) is 72.9 Å². The number of fused-ring (bicyclic) bond motifs is 1. The third kappa shape index (κ3) is 4.15. The summed E-state index contributed by atoms with van der Waals surface area (Å²) < 4.78 is 11.1. The molecule has 1 aliphatic rings. The molecule has 0 radical (unpaired) electrons. The van der Waals surface area contributed by atoms with Crippen molar-refractivity contribution in [3.63, 3.8) is 0 Å². The zero-order valence-electron chi connectivity index (χ0n) is 16.1. The number of hydrogen-bond donors (Lipinski definition) is 0. The standard InChI is InChI=1S/C23H28O2S/c1-16-14-18(8-5-4-6-13-26(3)25)15-17(2)23(16)21-10-7-9-20-19(21)11-12-22(20)24/h7,9-10,14-15H,4-6,8,11-13H2,1-3H3. The quantitative estimate of drug-likeness (QED) is 0.630. The molecule has 0 spiro atoms. The average Bonchev–Trinajstić information content (AvgIpc) is 2.96. The van der Waals surface area contributed by atoms with Crippen LogP contribution in [0.2, 0.25) is 0 Å².